The van der Waals surface area contributed by atoms with Gasteiger partial charge in [-0.25, -0.2) is 4.79 Å². The van der Waals surface area contributed by atoms with Gasteiger partial charge in [-0.2, -0.15) is 0 Å². The van der Waals surface area contributed by atoms with Crippen molar-refractivity contribution in [2.24, 2.45) is 0 Å². The molecule has 0 unspecified atom stereocenters. The van der Waals surface area contributed by atoms with E-state index in [1.54, 1.807) is 6.07 Å². The van der Waals surface area contributed by atoms with Gasteiger partial charge in [-0.05, 0) is 25.0 Å². The monoisotopic (exact) mass is 259 g/mol. The first-order valence-corrected chi connectivity index (χ1v) is 5.82. The number of carboxylic acid groups (broad SMARTS) is 1. The van der Waals surface area contributed by atoms with Crippen molar-refractivity contribution in [1.82, 2.24) is 0 Å². The van der Waals surface area contributed by atoms with Gasteiger partial charge in [0, 0.05) is 13.1 Å². The van der Waals surface area contributed by atoms with Crippen LogP contribution in [0.3, 0.4) is 0 Å². The molecule has 0 aliphatic carbocycles. The van der Waals surface area contributed by atoms with Crippen LogP contribution in [0.25, 0.3) is 0 Å². The van der Waals surface area contributed by atoms with Gasteiger partial charge in [-0.1, -0.05) is 23.2 Å². The number of hydrogen-bond acceptors (Lipinski definition) is 2. The van der Waals surface area contributed by atoms with E-state index in [4.69, 9.17) is 28.3 Å². The molecule has 5 heteroatoms. The molecule has 1 saturated heterocycles. The Bertz CT molecular complexity index is 428. The summed E-state index contributed by atoms with van der Waals surface area (Å²) in [4.78, 5) is 13.1. The van der Waals surface area contributed by atoms with E-state index in [0.29, 0.717) is 10.7 Å². The number of rotatable bonds is 2. The van der Waals surface area contributed by atoms with E-state index in [2.05, 4.69) is 0 Å². The molecule has 1 aromatic carbocycles. The molecular formula is C11H11Cl2NO2. The summed E-state index contributed by atoms with van der Waals surface area (Å²) >= 11 is 11.7. The lowest BCUT2D eigenvalue weighted by Gasteiger charge is -2.20. The predicted octanol–water partition coefficient (Wildman–Crippen LogP) is 3.29. The summed E-state index contributed by atoms with van der Waals surface area (Å²) in [7, 11) is 0. The first-order valence-electron chi connectivity index (χ1n) is 5.07. The maximum Gasteiger partial charge on any atom is 0.337 e. The van der Waals surface area contributed by atoms with Crippen LogP contribution in [0, 0.1) is 0 Å². The molecule has 1 fully saturated rings. The number of hydrogen-bond donors (Lipinski definition) is 1. The van der Waals surface area contributed by atoms with Crippen molar-refractivity contribution in [1.29, 1.82) is 0 Å². The summed E-state index contributed by atoms with van der Waals surface area (Å²) in [6.45, 7) is 1.75. The molecule has 0 aromatic heterocycles. The Hall–Kier alpha value is -0.930. The second-order valence-electron chi connectivity index (χ2n) is 3.78. The largest absolute Gasteiger partial charge is 0.478 e. The molecule has 0 spiro atoms. The van der Waals surface area contributed by atoms with Crippen molar-refractivity contribution < 1.29 is 9.90 Å². The minimum Gasteiger partial charge on any atom is -0.478 e. The fourth-order valence-corrected chi connectivity index (χ4v) is 2.25. The van der Waals surface area contributed by atoms with E-state index in [-0.39, 0.29) is 10.6 Å². The lowest BCUT2D eigenvalue weighted by Crippen LogP contribution is -2.20. The summed E-state index contributed by atoms with van der Waals surface area (Å²) in [5, 5.41) is 9.79. The molecule has 0 amide bonds. The van der Waals surface area contributed by atoms with Crippen LogP contribution in [0.5, 0.6) is 0 Å². The predicted molar refractivity (Wildman–Crippen MR) is 64.9 cm³/mol. The van der Waals surface area contributed by atoms with Gasteiger partial charge in [-0.3, -0.25) is 0 Å². The molecule has 1 aliphatic rings. The van der Waals surface area contributed by atoms with Gasteiger partial charge in [-0.15, -0.1) is 0 Å². The minimum atomic E-state index is -0.972. The Morgan fingerprint density at radius 1 is 1.19 bits per heavy atom. The van der Waals surface area contributed by atoms with Crippen LogP contribution < -0.4 is 4.90 Å². The van der Waals surface area contributed by atoms with Gasteiger partial charge >= 0.3 is 5.97 Å². The smallest absolute Gasteiger partial charge is 0.337 e. The molecule has 0 saturated carbocycles. The van der Waals surface area contributed by atoms with E-state index in [0.717, 1.165) is 25.9 Å². The zero-order chi connectivity index (χ0) is 11.7. The molecule has 86 valence electrons. The summed E-state index contributed by atoms with van der Waals surface area (Å²) in [5.41, 5.74) is 0.885. The maximum atomic E-state index is 11.1. The van der Waals surface area contributed by atoms with Crippen molar-refractivity contribution in [3.05, 3.63) is 27.7 Å². The van der Waals surface area contributed by atoms with E-state index in [9.17, 15) is 4.79 Å². The first kappa shape index (κ1) is 11.6. The van der Waals surface area contributed by atoms with Crippen molar-refractivity contribution in [2.75, 3.05) is 18.0 Å². The first-order chi connectivity index (χ1) is 7.59. The summed E-state index contributed by atoms with van der Waals surface area (Å²) in [6.07, 6.45) is 2.17. The Morgan fingerprint density at radius 3 is 2.31 bits per heavy atom. The summed E-state index contributed by atoms with van der Waals surface area (Å²) in [5.74, 6) is -0.972. The number of anilines is 1. The normalized spacial score (nSPS) is 15.5. The maximum absolute atomic E-state index is 11.1. The second kappa shape index (κ2) is 4.52. The Labute approximate surface area is 104 Å². The average Bonchev–Trinajstić information content (AvgIpc) is 2.74. The number of nitrogens with zero attached hydrogens (tertiary/aromatic N) is 1. The van der Waals surface area contributed by atoms with E-state index in [1.807, 2.05) is 4.90 Å². The molecule has 0 atom stereocenters. The average molecular weight is 260 g/mol. The van der Waals surface area contributed by atoms with Gasteiger partial charge < -0.3 is 10.0 Å². The van der Waals surface area contributed by atoms with Crippen molar-refractivity contribution in [3.8, 4) is 0 Å². The second-order valence-corrected chi connectivity index (χ2v) is 4.60. The molecule has 3 nitrogen and oxygen atoms in total. The molecule has 1 N–H and O–H groups in total. The van der Waals surface area contributed by atoms with Crippen LogP contribution in [0.2, 0.25) is 10.0 Å². The van der Waals surface area contributed by atoms with Gasteiger partial charge in [0.05, 0.1) is 21.3 Å². The van der Waals surface area contributed by atoms with Crippen molar-refractivity contribution in [2.45, 2.75) is 12.8 Å². The van der Waals surface area contributed by atoms with Crippen LogP contribution in [-0.2, 0) is 0 Å². The number of benzene rings is 1. The zero-order valence-electron chi connectivity index (χ0n) is 8.54. The molecule has 1 heterocycles. The van der Waals surface area contributed by atoms with Gasteiger partial charge in [0.25, 0.3) is 0 Å². The third kappa shape index (κ3) is 2.11. The zero-order valence-corrected chi connectivity index (χ0v) is 10.1. The summed E-state index contributed by atoms with van der Waals surface area (Å²) < 4.78 is 0. The molecule has 2 rings (SSSR count). The molecule has 1 aromatic rings. The Balaban J connectivity index is 2.48. The number of carboxylic acids is 1. The highest BCUT2D eigenvalue weighted by atomic mass is 35.5. The van der Waals surface area contributed by atoms with Crippen LogP contribution >= 0.6 is 23.2 Å². The van der Waals surface area contributed by atoms with Crippen LogP contribution in [0.15, 0.2) is 12.1 Å². The Morgan fingerprint density at radius 2 is 1.75 bits per heavy atom. The fraction of sp³-hybridized carbons (Fsp3) is 0.364. The van der Waals surface area contributed by atoms with Crippen LogP contribution in [0.1, 0.15) is 23.2 Å². The topological polar surface area (TPSA) is 40.5 Å². The number of aromatic carboxylic acids is 1. The lowest BCUT2D eigenvalue weighted by molar-refractivity contribution is 0.0697. The molecule has 1 aliphatic heterocycles. The van der Waals surface area contributed by atoms with Gasteiger partial charge in [0.2, 0.25) is 0 Å². The highest BCUT2D eigenvalue weighted by Gasteiger charge is 2.20. The molecule has 0 radical (unpaired) electrons. The molecule has 0 bridgehead atoms. The quantitative estimate of drug-likeness (QED) is 0.886. The standard InChI is InChI=1S/C11H11Cl2NO2/c12-8-5-7(11(15)16)10(6-9(8)13)14-3-1-2-4-14/h5-6H,1-4H2,(H,15,16). The third-order valence-electron chi connectivity index (χ3n) is 2.72. The van der Waals surface area contributed by atoms with Crippen molar-refractivity contribution >= 4 is 34.9 Å². The third-order valence-corrected chi connectivity index (χ3v) is 3.44. The highest BCUT2D eigenvalue weighted by molar-refractivity contribution is 6.42. The van der Waals surface area contributed by atoms with E-state index < -0.39 is 5.97 Å². The van der Waals surface area contributed by atoms with Crippen LogP contribution in [0.4, 0.5) is 5.69 Å². The lowest BCUT2D eigenvalue weighted by atomic mass is 10.1. The SMILES string of the molecule is O=C(O)c1cc(Cl)c(Cl)cc1N1CCCC1. The van der Waals surface area contributed by atoms with Crippen molar-refractivity contribution in [3.63, 3.8) is 0 Å². The minimum absolute atomic E-state index is 0.219. The molecule has 16 heavy (non-hydrogen) atoms. The number of carbonyl (C=O) groups is 1. The summed E-state index contributed by atoms with van der Waals surface area (Å²) in [6, 6.07) is 3.05. The van der Waals surface area contributed by atoms with E-state index >= 15 is 0 Å². The van der Waals surface area contributed by atoms with Gasteiger partial charge in [0.1, 0.15) is 0 Å². The van der Waals surface area contributed by atoms with E-state index in [1.165, 1.54) is 6.07 Å². The van der Waals surface area contributed by atoms with Gasteiger partial charge in [0.15, 0.2) is 0 Å². The Kier molecular flexibility index (Phi) is 3.26. The highest BCUT2D eigenvalue weighted by Crippen LogP contribution is 2.33. The number of halogens is 2. The fourth-order valence-electron chi connectivity index (χ4n) is 1.93. The molecular weight excluding hydrogens is 249 g/mol. The van der Waals surface area contributed by atoms with Crippen LogP contribution in [-0.4, -0.2) is 24.2 Å².